The van der Waals surface area contributed by atoms with Crippen molar-refractivity contribution < 1.29 is 14.6 Å². The number of ether oxygens (including phenoxy) is 2. The normalized spacial score (nSPS) is 41.5. The van der Waals surface area contributed by atoms with E-state index in [1.54, 1.807) is 7.11 Å². The van der Waals surface area contributed by atoms with E-state index in [1.807, 2.05) is 0 Å². The minimum atomic E-state index is -0.491. The predicted octanol–water partition coefficient (Wildman–Crippen LogP) is 4.65. The fraction of sp³-hybridized carbons (Fsp3) is 0.810. The highest BCUT2D eigenvalue weighted by atomic mass is 16.6. The minimum Gasteiger partial charge on any atom is -0.390 e. The molecule has 0 spiro atoms. The summed E-state index contributed by atoms with van der Waals surface area (Å²) >= 11 is 0. The van der Waals surface area contributed by atoms with Crippen LogP contribution >= 0.6 is 0 Å². The zero-order valence-electron chi connectivity index (χ0n) is 16.3. The second-order valence-electron chi connectivity index (χ2n) is 8.53. The molecular weight excluding hydrogens is 300 g/mol. The lowest BCUT2D eigenvalue weighted by molar-refractivity contribution is -0.00579. The van der Waals surface area contributed by atoms with Crippen molar-refractivity contribution in [2.45, 2.75) is 90.1 Å². The molecule has 24 heavy (non-hydrogen) atoms. The molecule has 0 aromatic carbocycles. The lowest BCUT2D eigenvalue weighted by atomic mass is 9.85. The van der Waals surface area contributed by atoms with E-state index < -0.39 is 11.7 Å². The number of methoxy groups -OCH3 is 1. The maximum absolute atomic E-state index is 10.6. The fourth-order valence-electron chi connectivity index (χ4n) is 3.76. The molecule has 0 amide bonds. The van der Waals surface area contributed by atoms with Gasteiger partial charge in [-0.2, -0.15) is 0 Å². The van der Waals surface area contributed by atoms with E-state index in [-0.39, 0.29) is 11.7 Å². The Morgan fingerprint density at radius 1 is 1.33 bits per heavy atom. The summed E-state index contributed by atoms with van der Waals surface area (Å²) in [5.41, 5.74) is 0.829. The Bertz CT molecular complexity index is 481. The van der Waals surface area contributed by atoms with Gasteiger partial charge in [0.1, 0.15) is 6.10 Å². The highest BCUT2D eigenvalue weighted by Crippen LogP contribution is 2.44. The standard InChI is InChI=1S/C21H36O3/c1-15(2)17-10-9-16(3)8-7-12-21(5)19(24-21)18(22)14-20(4,23-6)13-11-17/h8,11,13,15,17-19,22H,7,9-10,12,14H2,1-6H3/t17-,18-,19-,20-,21+/m1/s1. The van der Waals surface area contributed by atoms with E-state index in [0.717, 1.165) is 25.7 Å². The summed E-state index contributed by atoms with van der Waals surface area (Å²) in [7, 11) is 1.73. The van der Waals surface area contributed by atoms with Crippen LogP contribution in [-0.4, -0.2) is 35.6 Å². The second-order valence-corrected chi connectivity index (χ2v) is 8.53. The number of allylic oxidation sites excluding steroid dienone is 3. The van der Waals surface area contributed by atoms with Gasteiger partial charge in [-0.25, -0.2) is 0 Å². The third-order valence-corrected chi connectivity index (χ3v) is 5.93. The third kappa shape index (κ3) is 4.93. The molecule has 3 heteroatoms. The minimum absolute atomic E-state index is 0.0714. The first-order valence-electron chi connectivity index (χ1n) is 9.45. The number of hydrogen-bond donors (Lipinski definition) is 1. The molecule has 2 rings (SSSR count). The molecule has 1 aliphatic heterocycles. The summed E-state index contributed by atoms with van der Waals surface area (Å²) in [6.45, 7) is 11.0. The zero-order valence-corrected chi connectivity index (χ0v) is 16.3. The van der Waals surface area contributed by atoms with Crippen LogP contribution in [0.4, 0.5) is 0 Å². The van der Waals surface area contributed by atoms with Crippen molar-refractivity contribution in [2.75, 3.05) is 7.11 Å². The molecule has 0 aromatic heterocycles. The lowest BCUT2D eigenvalue weighted by Crippen LogP contribution is -2.34. The first kappa shape index (κ1) is 19.7. The number of hydrogen-bond acceptors (Lipinski definition) is 3. The summed E-state index contributed by atoms with van der Waals surface area (Å²) in [4.78, 5) is 0. The van der Waals surface area contributed by atoms with Gasteiger partial charge in [-0.05, 0) is 58.3 Å². The van der Waals surface area contributed by atoms with Crippen LogP contribution < -0.4 is 0 Å². The number of fused-ring (bicyclic) bond motifs is 1. The van der Waals surface area contributed by atoms with E-state index in [0.29, 0.717) is 18.3 Å². The van der Waals surface area contributed by atoms with Crippen LogP contribution in [0.2, 0.25) is 0 Å². The zero-order chi connectivity index (χ0) is 18.0. The second kappa shape index (κ2) is 7.72. The average Bonchev–Trinajstić information content (AvgIpc) is 3.18. The molecule has 0 unspecified atom stereocenters. The van der Waals surface area contributed by atoms with Crippen LogP contribution in [0.3, 0.4) is 0 Å². The van der Waals surface area contributed by atoms with E-state index >= 15 is 0 Å². The van der Waals surface area contributed by atoms with Crippen molar-refractivity contribution in [1.29, 1.82) is 0 Å². The van der Waals surface area contributed by atoms with Gasteiger partial charge in [0.15, 0.2) is 0 Å². The van der Waals surface area contributed by atoms with Gasteiger partial charge >= 0.3 is 0 Å². The van der Waals surface area contributed by atoms with Crippen LogP contribution in [0.25, 0.3) is 0 Å². The molecule has 0 saturated carbocycles. The molecule has 2 aliphatic rings. The summed E-state index contributed by atoms with van der Waals surface area (Å²) < 4.78 is 11.6. The molecule has 1 heterocycles. The Morgan fingerprint density at radius 3 is 2.67 bits per heavy atom. The first-order valence-corrected chi connectivity index (χ1v) is 9.45. The van der Waals surface area contributed by atoms with Crippen LogP contribution in [0, 0.1) is 11.8 Å². The highest BCUT2D eigenvalue weighted by molar-refractivity contribution is 5.11. The van der Waals surface area contributed by atoms with E-state index in [2.05, 4.69) is 52.8 Å². The van der Waals surface area contributed by atoms with Gasteiger partial charge in [0.2, 0.25) is 0 Å². The van der Waals surface area contributed by atoms with Gasteiger partial charge in [0.25, 0.3) is 0 Å². The molecule has 0 aromatic rings. The largest absolute Gasteiger partial charge is 0.390 e. The van der Waals surface area contributed by atoms with E-state index in [4.69, 9.17) is 9.47 Å². The quantitative estimate of drug-likeness (QED) is 0.589. The van der Waals surface area contributed by atoms with Crippen molar-refractivity contribution in [3.05, 3.63) is 23.8 Å². The Morgan fingerprint density at radius 2 is 2.04 bits per heavy atom. The number of aliphatic hydroxyl groups excluding tert-OH is 1. The lowest BCUT2D eigenvalue weighted by Gasteiger charge is -2.28. The molecule has 5 atom stereocenters. The van der Waals surface area contributed by atoms with Crippen molar-refractivity contribution in [2.24, 2.45) is 11.8 Å². The summed E-state index contributed by atoms with van der Waals surface area (Å²) in [5.74, 6) is 1.13. The van der Waals surface area contributed by atoms with Gasteiger partial charge in [0, 0.05) is 13.5 Å². The van der Waals surface area contributed by atoms with E-state index in [1.165, 1.54) is 5.57 Å². The monoisotopic (exact) mass is 336 g/mol. The van der Waals surface area contributed by atoms with Crippen LogP contribution in [-0.2, 0) is 9.47 Å². The van der Waals surface area contributed by atoms with Gasteiger partial charge in [-0.15, -0.1) is 0 Å². The van der Waals surface area contributed by atoms with Crippen molar-refractivity contribution in [3.63, 3.8) is 0 Å². The summed E-state index contributed by atoms with van der Waals surface area (Å²) in [6.07, 6.45) is 11.1. The Labute approximate surface area is 148 Å². The third-order valence-electron chi connectivity index (χ3n) is 5.93. The molecule has 0 bridgehead atoms. The Hall–Kier alpha value is -0.640. The van der Waals surface area contributed by atoms with Gasteiger partial charge in [0.05, 0.1) is 17.3 Å². The number of epoxide rings is 1. The molecule has 0 radical (unpaired) electrons. The average molecular weight is 337 g/mol. The van der Waals surface area contributed by atoms with Crippen molar-refractivity contribution in [1.82, 2.24) is 0 Å². The number of aliphatic hydroxyl groups is 1. The Balaban J connectivity index is 2.21. The van der Waals surface area contributed by atoms with Gasteiger partial charge in [-0.1, -0.05) is 37.6 Å². The van der Waals surface area contributed by atoms with Crippen molar-refractivity contribution >= 4 is 0 Å². The number of rotatable bonds is 2. The highest BCUT2D eigenvalue weighted by Gasteiger charge is 2.56. The summed E-state index contributed by atoms with van der Waals surface area (Å²) in [5, 5.41) is 10.6. The van der Waals surface area contributed by atoms with Crippen LogP contribution in [0.5, 0.6) is 0 Å². The Kier molecular flexibility index (Phi) is 6.33. The van der Waals surface area contributed by atoms with Gasteiger partial charge in [-0.3, -0.25) is 0 Å². The maximum atomic E-state index is 10.6. The molecule has 1 fully saturated rings. The van der Waals surface area contributed by atoms with Gasteiger partial charge < -0.3 is 14.6 Å². The van der Waals surface area contributed by atoms with E-state index in [9.17, 15) is 5.11 Å². The molecule has 3 nitrogen and oxygen atoms in total. The molecule has 138 valence electrons. The molecule has 1 aliphatic carbocycles. The topological polar surface area (TPSA) is 42.0 Å². The first-order chi connectivity index (χ1) is 11.2. The smallest absolute Gasteiger partial charge is 0.113 e. The SMILES string of the molecule is CO[C@]1(C)C=C[C@H](C(C)C)CCC(C)=CCC[C@]2(C)O[C@@H]2[C@H](O)C1. The maximum Gasteiger partial charge on any atom is 0.113 e. The van der Waals surface area contributed by atoms with Crippen molar-refractivity contribution in [3.8, 4) is 0 Å². The van der Waals surface area contributed by atoms with Crippen LogP contribution in [0.15, 0.2) is 23.8 Å². The fourth-order valence-corrected chi connectivity index (χ4v) is 3.76. The summed E-state index contributed by atoms with van der Waals surface area (Å²) in [6, 6.07) is 0. The molecular formula is C21H36O3. The van der Waals surface area contributed by atoms with Crippen LogP contribution in [0.1, 0.15) is 66.7 Å². The molecule has 1 saturated heterocycles. The molecule has 1 N–H and O–H groups in total. The predicted molar refractivity (Wildman–Crippen MR) is 99.0 cm³/mol.